The molecule has 3 atom stereocenters. The minimum atomic E-state index is 0.186. The van der Waals surface area contributed by atoms with Crippen molar-refractivity contribution < 1.29 is 14.2 Å². The van der Waals surface area contributed by atoms with Crippen LogP contribution in [0.5, 0.6) is 5.75 Å². The molecule has 0 bridgehead atoms. The Kier molecular flexibility index (Phi) is 4.24. The summed E-state index contributed by atoms with van der Waals surface area (Å²) >= 11 is 0. The van der Waals surface area contributed by atoms with Crippen molar-refractivity contribution >= 4 is 0 Å². The molecular formula is C16H23NO3. The van der Waals surface area contributed by atoms with E-state index in [0.29, 0.717) is 6.61 Å². The number of hydrogen-bond acceptors (Lipinski definition) is 4. The number of hydrogen-bond donors (Lipinski definition) is 1. The normalized spacial score (nSPS) is 28.6. The zero-order chi connectivity index (χ0) is 13.9. The molecule has 1 aliphatic heterocycles. The SMILES string of the molecule is CNC1c2cc(OC)ccc2CC1OCC1CCCO1. The second kappa shape index (κ2) is 6.12. The van der Waals surface area contributed by atoms with Gasteiger partial charge in [-0.1, -0.05) is 6.07 Å². The van der Waals surface area contributed by atoms with E-state index in [2.05, 4.69) is 17.4 Å². The number of ether oxygens (including phenoxy) is 3. The van der Waals surface area contributed by atoms with E-state index in [1.165, 1.54) is 11.1 Å². The fourth-order valence-electron chi connectivity index (χ4n) is 3.21. The average Bonchev–Trinajstić information content (AvgIpc) is 3.11. The van der Waals surface area contributed by atoms with Crippen LogP contribution in [0.3, 0.4) is 0 Å². The molecule has 3 unspecified atom stereocenters. The van der Waals surface area contributed by atoms with E-state index < -0.39 is 0 Å². The summed E-state index contributed by atoms with van der Waals surface area (Å²) in [5.74, 6) is 0.906. The van der Waals surface area contributed by atoms with Gasteiger partial charge in [0.1, 0.15) is 5.75 Å². The Morgan fingerprint density at radius 3 is 3.00 bits per heavy atom. The Morgan fingerprint density at radius 2 is 2.30 bits per heavy atom. The van der Waals surface area contributed by atoms with Crippen LogP contribution < -0.4 is 10.1 Å². The predicted molar refractivity (Wildman–Crippen MR) is 77.2 cm³/mol. The molecule has 1 N–H and O–H groups in total. The standard InChI is InChI=1S/C16H23NO3/c1-17-16-14-9-12(18-2)6-5-11(14)8-15(16)20-10-13-4-3-7-19-13/h5-6,9,13,15-17H,3-4,7-8,10H2,1-2H3. The molecule has 2 aliphatic rings. The first-order valence-corrected chi connectivity index (χ1v) is 7.39. The minimum absolute atomic E-state index is 0.186. The highest BCUT2D eigenvalue weighted by molar-refractivity contribution is 5.42. The van der Waals surface area contributed by atoms with Crippen LogP contribution in [0, 0.1) is 0 Å². The first-order valence-electron chi connectivity index (χ1n) is 7.39. The molecule has 4 nitrogen and oxygen atoms in total. The highest BCUT2D eigenvalue weighted by Gasteiger charge is 2.33. The zero-order valence-electron chi connectivity index (χ0n) is 12.2. The highest BCUT2D eigenvalue weighted by Crippen LogP contribution is 2.35. The van der Waals surface area contributed by atoms with Gasteiger partial charge in [-0.05, 0) is 43.1 Å². The largest absolute Gasteiger partial charge is 0.497 e. The van der Waals surface area contributed by atoms with Gasteiger partial charge in [0.15, 0.2) is 0 Å². The van der Waals surface area contributed by atoms with Crippen LogP contribution in [0.2, 0.25) is 0 Å². The molecule has 1 heterocycles. The second-order valence-corrected chi connectivity index (χ2v) is 5.54. The van der Waals surface area contributed by atoms with E-state index in [1.54, 1.807) is 7.11 Å². The lowest BCUT2D eigenvalue weighted by Crippen LogP contribution is -2.30. The number of likely N-dealkylation sites (N-methyl/N-ethyl adjacent to an activating group) is 1. The lowest BCUT2D eigenvalue weighted by atomic mass is 10.1. The van der Waals surface area contributed by atoms with Crippen molar-refractivity contribution in [3.05, 3.63) is 29.3 Å². The van der Waals surface area contributed by atoms with Crippen LogP contribution >= 0.6 is 0 Å². The number of rotatable bonds is 5. The number of nitrogens with one attached hydrogen (secondary N) is 1. The number of benzene rings is 1. The fraction of sp³-hybridized carbons (Fsp3) is 0.625. The summed E-state index contributed by atoms with van der Waals surface area (Å²) < 4.78 is 17.1. The van der Waals surface area contributed by atoms with Crippen molar-refractivity contribution in [2.75, 3.05) is 27.4 Å². The Hall–Kier alpha value is -1.10. The van der Waals surface area contributed by atoms with Gasteiger partial charge in [-0.15, -0.1) is 0 Å². The van der Waals surface area contributed by atoms with E-state index in [4.69, 9.17) is 14.2 Å². The summed E-state index contributed by atoms with van der Waals surface area (Å²) in [6.45, 7) is 1.58. The third-order valence-corrected chi connectivity index (χ3v) is 4.31. The van der Waals surface area contributed by atoms with Crippen molar-refractivity contribution in [3.8, 4) is 5.75 Å². The number of fused-ring (bicyclic) bond motifs is 1. The summed E-state index contributed by atoms with van der Waals surface area (Å²) in [5, 5.41) is 3.38. The summed E-state index contributed by atoms with van der Waals surface area (Å²) in [4.78, 5) is 0. The third kappa shape index (κ3) is 2.68. The topological polar surface area (TPSA) is 39.7 Å². The summed E-state index contributed by atoms with van der Waals surface area (Å²) in [5.41, 5.74) is 2.65. The molecule has 4 heteroatoms. The zero-order valence-corrected chi connectivity index (χ0v) is 12.2. The molecule has 3 rings (SSSR count). The van der Waals surface area contributed by atoms with Gasteiger partial charge in [0.2, 0.25) is 0 Å². The molecule has 0 aromatic heterocycles. The maximum atomic E-state index is 6.12. The number of methoxy groups -OCH3 is 1. The monoisotopic (exact) mass is 277 g/mol. The van der Waals surface area contributed by atoms with E-state index in [0.717, 1.165) is 31.6 Å². The second-order valence-electron chi connectivity index (χ2n) is 5.54. The van der Waals surface area contributed by atoms with Crippen molar-refractivity contribution in [1.29, 1.82) is 0 Å². The van der Waals surface area contributed by atoms with Crippen molar-refractivity contribution in [1.82, 2.24) is 5.32 Å². The maximum absolute atomic E-state index is 6.12. The third-order valence-electron chi connectivity index (χ3n) is 4.31. The molecule has 1 fully saturated rings. The van der Waals surface area contributed by atoms with E-state index >= 15 is 0 Å². The van der Waals surface area contributed by atoms with Gasteiger partial charge in [-0.3, -0.25) is 0 Å². The van der Waals surface area contributed by atoms with E-state index in [-0.39, 0.29) is 18.2 Å². The van der Waals surface area contributed by atoms with E-state index in [9.17, 15) is 0 Å². The van der Waals surface area contributed by atoms with Crippen LogP contribution in [0.4, 0.5) is 0 Å². The maximum Gasteiger partial charge on any atom is 0.119 e. The van der Waals surface area contributed by atoms with Crippen LogP contribution in [0.1, 0.15) is 30.0 Å². The van der Waals surface area contributed by atoms with E-state index in [1.807, 2.05) is 13.1 Å². The Balaban J connectivity index is 1.67. The Bertz CT molecular complexity index is 457. The summed E-state index contributed by atoms with van der Waals surface area (Å²) in [7, 11) is 3.69. The van der Waals surface area contributed by atoms with Gasteiger partial charge in [0.05, 0.1) is 32.0 Å². The van der Waals surface area contributed by atoms with Crippen LogP contribution in [0.15, 0.2) is 18.2 Å². The molecule has 0 saturated carbocycles. The van der Waals surface area contributed by atoms with Crippen molar-refractivity contribution in [2.45, 2.75) is 37.5 Å². The lowest BCUT2D eigenvalue weighted by Gasteiger charge is -2.22. The molecular weight excluding hydrogens is 254 g/mol. The van der Waals surface area contributed by atoms with Crippen molar-refractivity contribution in [2.24, 2.45) is 0 Å². The highest BCUT2D eigenvalue weighted by atomic mass is 16.5. The smallest absolute Gasteiger partial charge is 0.119 e. The predicted octanol–water partition coefficient (Wildman–Crippen LogP) is 2.08. The average molecular weight is 277 g/mol. The molecule has 0 amide bonds. The molecule has 0 spiro atoms. The Morgan fingerprint density at radius 1 is 1.40 bits per heavy atom. The fourth-order valence-corrected chi connectivity index (χ4v) is 3.21. The lowest BCUT2D eigenvalue weighted by molar-refractivity contribution is -0.0285. The van der Waals surface area contributed by atoms with Crippen LogP contribution in [0.25, 0.3) is 0 Å². The van der Waals surface area contributed by atoms with Gasteiger partial charge >= 0.3 is 0 Å². The molecule has 110 valence electrons. The van der Waals surface area contributed by atoms with Gasteiger partial charge < -0.3 is 19.5 Å². The quantitative estimate of drug-likeness (QED) is 0.894. The first-order chi connectivity index (χ1) is 9.81. The van der Waals surface area contributed by atoms with Crippen LogP contribution in [-0.2, 0) is 15.9 Å². The molecule has 20 heavy (non-hydrogen) atoms. The molecule has 1 aromatic carbocycles. The van der Waals surface area contributed by atoms with Gasteiger partial charge in [-0.25, -0.2) is 0 Å². The molecule has 1 aromatic rings. The summed E-state index contributed by atoms with van der Waals surface area (Å²) in [6, 6.07) is 6.52. The Labute approximate surface area is 120 Å². The van der Waals surface area contributed by atoms with Gasteiger partial charge in [-0.2, -0.15) is 0 Å². The summed E-state index contributed by atoms with van der Waals surface area (Å²) in [6.07, 6.45) is 3.71. The molecule has 0 radical (unpaired) electrons. The minimum Gasteiger partial charge on any atom is -0.497 e. The van der Waals surface area contributed by atoms with Crippen LogP contribution in [-0.4, -0.2) is 39.6 Å². The molecule has 1 aliphatic carbocycles. The van der Waals surface area contributed by atoms with Crippen molar-refractivity contribution in [3.63, 3.8) is 0 Å². The van der Waals surface area contributed by atoms with Gasteiger partial charge in [0, 0.05) is 13.0 Å². The van der Waals surface area contributed by atoms with Gasteiger partial charge in [0.25, 0.3) is 0 Å². The molecule has 1 saturated heterocycles. The first kappa shape index (κ1) is 13.9.